The van der Waals surface area contributed by atoms with Crippen LogP contribution in [0, 0.1) is 0 Å². The van der Waals surface area contributed by atoms with Gasteiger partial charge in [-0.05, 0) is 27.3 Å². The number of hydrogen-bond acceptors (Lipinski definition) is 5. The van der Waals surface area contributed by atoms with Crippen LogP contribution in [0.15, 0.2) is 4.99 Å². The summed E-state index contributed by atoms with van der Waals surface area (Å²) >= 11 is 0. The molecule has 2 unspecified atom stereocenters. The van der Waals surface area contributed by atoms with E-state index in [1.165, 1.54) is 6.26 Å². The smallest absolute Gasteiger partial charge is 0.191 e. The van der Waals surface area contributed by atoms with Gasteiger partial charge in [-0.1, -0.05) is 0 Å². The minimum absolute atomic E-state index is 0.0647. The Morgan fingerprint density at radius 3 is 2.35 bits per heavy atom. The molecule has 0 saturated carbocycles. The molecule has 0 aromatic carbocycles. The quantitative estimate of drug-likeness (QED) is 0.483. The lowest BCUT2D eigenvalue weighted by Crippen LogP contribution is -2.53. The molecule has 2 N–H and O–H groups in total. The predicted molar refractivity (Wildman–Crippen MR) is 96.8 cm³/mol. The fraction of sp³-hybridized carbons (Fsp3) is 0.933. The van der Waals surface area contributed by atoms with Crippen LogP contribution in [-0.2, 0) is 9.84 Å². The Hall–Kier alpha value is -0.860. The predicted octanol–water partition coefficient (Wildman–Crippen LogP) is -0.389. The Morgan fingerprint density at radius 2 is 1.83 bits per heavy atom. The lowest BCUT2D eigenvalue weighted by Gasteiger charge is -2.36. The van der Waals surface area contributed by atoms with Gasteiger partial charge in [0.15, 0.2) is 5.96 Å². The van der Waals surface area contributed by atoms with E-state index in [1.807, 2.05) is 6.92 Å². The van der Waals surface area contributed by atoms with Gasteiger partial charge in [-0.3, -0.25) is 9.89 Å². The standard InChI is InChI=1S/C15H33N5O2S/c1-13(6-11-23(5,21)22)18-15(16-3)17-12-14(2)20-9-7-19(4)8-10-20/h13-14H,6-12H2,1-5H3,(H2,16,17,18). The maximum atomic E-state index is 11.2. The molecule has 0 aliphatic carbocycles. The van der Waals surface area contributed by atoms with E-state index in [0.29, 0.717) is 12.5 Å². The van der Waals surface area contributed by atoms with E-state index >= 15 is 0 Å². The van der Waals surface area contributed by atoms with Gasteiger partial charge in [-0.2, -0.15) is 0 Å². The second-order valence-electron chi connectivity index (χ2n) is 6.61. The Morgan fingerprint density at radius 1 is 1.22 bits per heavy atom. The van der Waals surface area contributed by atoms with Gasteiger partial charge in [-0.25, -0.2) is 8.42 Å². The van der Waals surface area contributed by atoms with E-state index in [4.69, 9.17) is 0 Å². The molecule has 1 aliphatic rings. The Kier molecular flexibility index (Phi) is 8.28. The highest BCUT2D eigenvalue weighted by Gasteiger charge is 2.19. The number of sulfone groups is 1. The van der Waals surface area contributed by atoms with E-state index in [9.17, 15) is 8.42 Å². The van der Waals surface area contributed by atoms with Crippen molar-refractivity contribution in [2.45, 2.75) is 32.4 Å². The van der Waals surface area contributed by atoms with Gasteiger partial charge in [0.05, 0.1) is 5.75 Å². The molecule has 7 nitrogen and oxygen atoms in total. The van der Waals surface area contributed by atoms with Gasteiger partial charge in [0.2, 0.25) is 0 Å². The Bertz CT molecular complexity index is 472. The summed E-state index contributed by atoms with van der Waals surface area (Å²) in [6.07, 6.45) is 1.85. The largest absolute Gasteiger partial charge is 0.355 e. The lowest BCUT2D eigenvalue weighted by molar-refractivity contribution is 0.120. The van der Waals surface area contributed by atoms with Crippen molar-refractivity contribution >= 4 is 15.8 Å². The summed E-state index contributed by atoms with van der Waals surface area (Å²) in [7, 11) is 0.975. The zero-order valence-corrected chi connectivity index (χ0v) is 16.0. The van der Waals surface area contributed by atoms with Crippen molar-refractivity contribution in [3.05, 3.63) is 0 Å². The number of nitrogens with one attached hydrogen (secondary N) is 2. The highest BCUT2D eigenvalue weighted by molar-refractivity contribution is 7.90. The van der Waals surface area contributed by atoms with Gasteiger partial charge in [0, 0.05) is 58.1 Å². The number of likely N-dealkylation sites (N-methyl/N-ethyl adjacent to an activating group) is 1. The van der Waals surface area contributed by atoms with Crippen molar-refractivity contribution in [2.24, 2.45) is 4.99 Å². The molecular formula is C15H33N5O2S. The molecule has 0 radical (unpaired) electrons. The van der Waals surface area contributed by atoms with E-state index in [-0.39, 0.29) is 11.8 Å². The first-order chi connectivity index (χ1) is 10.7. The van der Waals surface area contributed by atoms with Crippen molar-refractivity contribution in [3.8, 4) is 0 Å². The minimum Gasteiger partial charge on any atom is -0.355 e. The molecule has 1 rings (SSSR count). The van der Waals surface area contributed by atoms with Crippen LogP contribution in [0.4, 0.5) is 0 Å². The van der Waals surface area contributed by atoms with Crippen LogP contribution in [0.3, 0.4) is 0 Å². The SMILES string of the molecule is CN=C(NCC(C)N1CCN(C)CC1)NC(C)CCS(C)(=O)=O. The molecule has 1 saturated heterocycles. The fourth-order valence-electron chi connectivity index (χ4n) is 2.53. The molecule has 23 heavy (non-hydrogen) atoms. The van der Waals surface area contributed by atoms with Gasteiger partial charge < -0.3 is 15.5 Å². The van der Waals surface area contributed by atoms with Crippen LogP contribution in [0.5, 0.6) is 0 Å². The third kappa shape index (κ3) is 8.53. The maximum Gasteiger partial charge on any atom is 0.191 e. The van der Waals surface area contributed by atoms with Crippen LogP contribution >= 0.6 is 0 Å². The zero-order chi connectivity index (χ0) is 17.5. The summed E-state index contributed by atoms with van der Waals surface area (Å²) in [6, 6.07) is 0.503. The van der Waals surface area contributed by atoms with E-state index < -0.39 is 9.84 Å². The Balaban J connectivity index is 2.33. The number of hydrogen-bond donors (Lipinski definition) is 2. The summed E-state index contributed by atoms with van der Waals surface area (Å²) < 4.78 is 22.4. The van der Waals surface area contributed by atoms with Gasteiger partial charge in [-0.15, -0.1) is 0 Å². The third-order valence-corrected chi connectivity index (χ3v) is 5.23. The summed E-state index contributed by atoms with van der Waals surface area (Å²) in [6.45, 7) is 9.43. The molecule has 1 aliphatic heterocycles. The number of aliphatic imine (C=N–C) groups is 1. The zero-order valence-electron chi connectivity index (χ0n) is 15.2. The molecule has 1 fully saturated rings. The van der Waals surface area contributed by atoms with Crippen molar-refractivity contribution in [2.75, 3.05) is 58.8 Å². The van der Waals surface area contributed by atoms with Gasteiger partial charge in [0.25, 0.3) is 0 Å². The van der Waals surface area contributed by atoms with E-state index in [0.717, 1.165) is 38.7 Å². The Labute approximate surface area is 141 Å². The maximum absolute atomic E-state index is 11.2. The van der Waals surface area contributed by atoms with Crippen LogP contribution in [0.2, 0.25) is 0 Å². The molecule has 0 amide bonds. The molecule has 2 atom stereocenters. The first-order valence-electron chi connectivity index (χ1n) is 8.28. The average Bonchev–Trinajstić information content (AvgIpc) is 2.49. The van der Waals surface area contributed by atoms with Crippen molar-refractivity contribution < 1.29 is 8.42 Å². The van der Waals surface area contributed by atoms with Crippen LogP contribution in [-0.4, -0.2) is 95.1 Å². The number of rotatable bonds is 7. The monoisotopic (exact) mass is 347 g/mol. The number of guanidine groups is 1. The molecule has 8 heteroatoms. The van der Waals surface area contributed by atoms with Crippen molar-refractivity contribution in [3.63, 3.8) is 0 Å². The summed E-state index contributed by atoms with van der Waals surface area (Å²) in [5.41, 5.74) is 0. The van der Waals surface area contributed by atoms with Crippen molar-refractivity contribution in [1.29, 1.82) is 0 Å². The number of nitrogens with zero attached hydrogens (tertiary/aromatic N) is 3. The summed E-state index contributed by atoms with van der Waals surface area (Å²) in [5, 5.41) is 6.59. The first-order valence-corrected chi connectivity index (χ1v) is 10.3. The second-order valence-corrected chi connectivity index (χ2v) is 8.87. The van der Waals surface area contributed by atoms with E-state index in [1.54, 1.807) is 7.05 Å². The molecule has 136 valence electrons. The number of piperazine rings is 1. The van der Waals surface area contributed by atoms with Crippen LogP contribution in [0.25, 0.3) is 0 Å². The fourth-order valence-corrected chi connectivity index (χ4v) is 3.31. The van der Waals surface area contributed by atoms with E-state index in [2.05, 4.69) is 39.4 Å². The van der Waals surface area contributed by atoms with Crippen LogP contribution in [0.1, 0.15) is 20.3 Å². The molecule has 0 bridgehead atoms. The van der Waals surface area contributed by atoms with Crippen LogP contribution < -0.4 is 10.6 Å². The third-order valence-electron chi connectivity index (χ3n) is 4.25. The first kappa shape index (κ1) is 20.2. The highest BCUT2D eigenvalue weighted by Crippen LogP contribution is 2.04. The normalized spacial score (nSPS) is 21.0. The minimum atomic E-state index is -2.92. The summed E-state index contributed by atoms with van der Waals surface area (Å²) in [5.74, 6) is 0.919. The highest BCUT2D eigenvalue weighted by atomic mass is 32.2. The molecule has 0 spiro atoms. The van der Waals surface area contributed by atoms with Gasteiger partial charge in [0.1, 0.15) is 9.84 Å². The second kappa shape index (κ2) is 9.44. The topological polar surface area (TPSA) is 77.0 Å². The molecule has 0 aromatic heterocycles. The summed E-state index contributed by atoms with van der Waals surface area (Å²) in [4.78, 5) is 9.05. The van der Waals surface area contributed by atoms with Gasteiger partial charge >= 0.3 is 0 Å². The molecule has 1 heterocycles. The lowest BCUT2D eigenvalue weighted by atomic mass is 10.2. The average molecular weight is 348 g/mol. The molecular weight excluding hydrogens is 314 g/mol. The molecule has 0 aromatic rings. The van der Waals surface area contributed by atoms with Crippen molar-refractivity contribution in [1.82, 2.24) is 20.4 Å².